The summed E-state index contributed by atoms with van der Waals surface area (Å²) < 4.78 is 0. The number of rotatable bonds is 5. The van der Waals surface area contributed by atoms with Gasteiger partial charge in [-0.2, -0.15) is 0 Å². The van der Waals surface area contributed by atoms with E-state index >= 15 is 0 Å². The molecule has 0 amide bonds. The molecule has 0 bridgehead atoms. The minimum Gasteiger partial charge on any atom is -0.248 e. The lowest BCUT2D eigenvalue weighted by Gasteiger charge is -2.10. The summed E-state index contributed by atoms with van der Waals surface area (Å²) in [5, 5.41) is 0. The lowest BCUT2D eigenvalue weighted by Crippen LogP contribution is -2.00. The summed E-state index contributed by atoms with van der Waals surface area (Å²) >= 11 is 0. The van der Waals surface area contributed by atoms with Crippen LogP contribution in [-0.4, -0.2) is 19.9 Å². The summed E-state index contributed by atoms with van der Waals surface area (Å²) in [7, 11) is 0. The second-order valence-electron chi connectivity index (χ2n) is 8.90. The van der Waals surface area contributed by atoms with Gasteiger partial charge < -0.3 is 0 Å². The first-order valence-corrected chi connectivity index (χ1v) is 12.2. The summed E-state index contributed by atoms with van der Waals surface area (Å²) in [5.41, 5.74) is 7.97. The summed E-state index contributed by atoms with van der Waals surface area (Å²) in [6.07, 6.45) is 0. The monoisotopic (exact) mass is 476 g/mol. The number of nitrogens with zero attached hydrogens (tertiary/aromatic N) is 4. The van der Waals surface area contributed by atoms with Gasteiger partial charge in [-0.25, -0.2) is 19.9 Å². The van der Waals surface area contributed by atoms with E-state index in [1.807, 2.05) is 91.0 Å². The van der Waals surface area contributed by atoms with Crippen LogP contribution < -0.4 is 0 Å². The molecule has 0 atom stereocenters. The maximum Gasteiger partial charge on any atom is 0.164 e. The van der Waals surface area contributed by atoms with Crippen LogP contribution in [0.5, 0.6) is 0 Å². The van der Waals surface area contributed by atoms with Gasteiger partial charge in [0.05, 0.1) is 11.4 Å². The van der Waals surface area contributed by atoms with E-state index in [0.717, 1.165) is 44.8 Å². The topological polar surface area (TPSA) is 51.6 Å². The van der Waals surface area contributed by atoms with Gasteiger partial charge >= 0.3 is 0 Å². The highest BCUT2D eigenvalue weighted by molar-refractivity contribution is 5.73. The summed E-state index contributed by atoms with van der Waals surface area (Å²) in [6.45, 7) is 2.10. The SMILES string of the molecule is Cc1cc(-c2ccccc2)nc(-c2cccc(-c3nc(-c4ccccc4)nc(-c4ccccc4)n3)c2)c1. The molecule has 0 aliphatic carbocycles. The number of pyridine rings is 1. The molecule has 6 aromatic rings. The van der Waals surface area contributed by atoms with E-state index in [1.165, 1.54) is 0 Å². The number of hydrogen-bond donors (Lipinski definition) is 0. The molecular formula is C33H24N4. The highest BCUT2D eigenvalue weighted by Gasteiger charge is 2.13. The van der Waals surface area contributed by atoms with Crippen LogP contribution in [0.3, 0.4) is 0 Å². The van der Waals surface area contributed by atoms with Gasteiger partial charge in [0.25, 0.3) is 0 Å². The van der Waals surface area contributed by atoms with Crippen LogP contribution in [-0.2, 0) is 0 Å². The van der Waals surface area contributed by atoms with Crippen molar-refractivity contribution in [2.45, 2.75) is 6.92 Å². The first-order valence-electron chi connectivity index (χ1n) is 12.2. The van der Waals surface area contributed by atoms with Crippen molar-refractivity contribution in [3.05, 3.63) is 133 Å². The van der Waals surface area contributed by atoms with E-state index in [2.05, 4.69) is 43.3 Å². The molecule has 0 aliphatic heterocycles. The largest absolute Gasteiger partial charge is 0.248 e. The Morgan fingerprint density at radius 1 is 0.351 bits per heavy atom. The predicted octanol–water partition coefficient (Wildman–Crippen LogP) is 7.91. The Morgan fingerprint density at radius 3 is 1.30 bits per heavy atom. The Bertz CT molecular complexity index is 1610. The Hall–Kier alpha value is -4.96. The van der Waals surface area contributed by atoms with Gasteiger partial charge in [-0.05, 0) is 30.7 Å². The van der Waals surface area contributed by atoms with Crippen molar-refractivity contribution in [2.24, 2.45) is 0 Å². The molecule has 0 aliphatic rings. The van der Waals surface area contributed by atoms with Crippen LogP contribution in [0.15, 0.2) is 127 Å². The molecule has 0 spiro atoms. The van der Waals surface area contributed by atoms with Crippen molar-refractivity contribution in [2.75, 3.05) is 0 Å². The van der Waals surface area contributed by atoms with Crippen molar-refractivity contribution >= 4 is 0 Å². The molecule has 6 rings (SSSR count). The maximum atomic E-state index is 4.99. The second kappa shape index (κ2) is 9.96. The van der Waals surface area contributed by atoms with Crippen molar-refractivity contribution in [1.82, 2.24) is 19.9 Å². The Kier molecular flexibility index (Phi) is 6.05. The van der Waals surface area contributed by atoms with E-state index in [-0.39, 0.29) is 0 Å². The van der Waals surface area contributed by atoms with Crippen molar-refractivity contribution in [1.29, 1.82) is 0 Å². The van der Waals surface area contributed by atoms with Crippen LogP contribution in [0.2, 0.25) is 0 Å². The molecule has 0 N–H and O–H groups in total. The number of benzene rings is 4. The van der Waals surface area contributed by atoms with Crippen molar-refractivity contribution < 1.29 is 0 Å². The molecule has 176 valence electrons. The van der Waals surface area contributed by atoms with E-state index < -0.39 is 0 Å². The fourth-order valence-corrected chi connectivity index (χ4v) is 4.33. The van der Waals surface area contributed by atoms with E-state index in [4.69, 9.17) is 19.9 Å². The highest BCUT2D eigenvalue weighted by atomic mass is 15.0. The molecule has 4 nitrogen and oxygen atoms in total. The fourth-order valence-electron chi connectivity index (χ4n) is 4.33. The van der Waals surface area contributed by atoms with Gasteiger partial charge in [0.2, 0.25) is 0 Å². The van der Waals surface area contributed by atoms with Crippen LogP contribution in [0.25, 0.3) is 56.7 Å². The first kappa shape index (κ1) is 22.5. The van der Waals surface area contributed by atoms with Gasteiger partial charge in [-0.3, -0.25) is 0 Å². The lowest BCUT2D eigenvalue weighted by atomic mass is 10.0. The highest BCUT2D eigenvalue weighted by Crippen LogP contribution is 2.29. The molecular weight excluding hydrogens is 452 g/mol. The summed E-state index contributed by atoms with van der Waals surface area (Å²) in [4.78, 5) is 19.5. The molecule has 4 heteroatoms. The third kappa shape index (κ3) is 4.91. The number of hydrogen-bond acceptors (Lipinski definition) is 4. The number of aromatic nitrogens is 4. The van der Waals surface area contributed by atoms with Gasteiger partial charge in [0.1, 0.15) is 0 Å². The zero-order valence-electron chi connectivity index (χ0n) is 20.4. The molecule has 4 aromatic carbocycles. The minimum atomic E-state index is 0.630. The Morgan fingerprint density at radius 2 is 0.757 bits per heavy atom. The third-order valence-corrected chi connectivity index (χ3v) is 6.16. The van der Waals surface area contributed by atoms with E-state index in [0.29, 0.717) is 17.5 Å². The quantitative estimate of drug-likeness (QED) is 0.254. The second-order valence-corrected chi connectivity index (χ2v) is 8.90. The van der Waals surface area contributed by atoms with Gasteiger partial charge in [0, 0.05) is 27.8 Å². The van der Waals surface area contributed by atoms with Gasteiger partial charge in [-0.15, -0.1) is 0 Å². The molecule has 0 saturated carbocycles. The van der Waals surface area contributed by atoms with E-state index in [1.54, 1.807) is 0 Å². The van der Waals surface area contributed by atoms with E-state index in [9.17, 15) is 0 Å². The normalized spacial score (nSPS) is 10.8. The summed E-state index contributed by atoms with van der Waals surface area (Å²) in [6, 6.07) is 42.8. The van der Waals surface area contributed by atoms with Crippen LogP contribution >= 0.6 is 0 Å². The van der Waals surface area contributed by atoms with Gasteiger partial charge in [0.15, 0.2) is 17.5 Å². The fraction of sp³-hybridized carbons (Fsp3) is 0.0303. The standard InChI is InChI=1S/C33H24N4/c1-23-20-29(24-12-5-2-6-13-24)34-30(21-23)27-18-11-19-28(22-27)33-36-31(25-14-7-3-8-15-25)35-32(37-33)26-16-9-4-10-17-26/h2-22H,1H3. The van der Waals surface area contributed by atoms with Crippen LogP contribution in [0, 0.1) is 6.92 Å². The smallest absolute Gasteiger partial charge is 0.164 e. The zero-order chi connectivity index (χ0) is 25.0. The lowest BCUT2D eigenvalue weighted by molar-refractivity contribution is 1.07. The molecule has 0 radical (unpaired) electrons. The van der Waals surface area contributed by atoms with Gasteiger partial charge in [-0.1, -0.05) is 109 Å². The molecule has 0 unspecified atom stereocenters. The molecule has 2 aromatic heterocycles. The van der Waals surface area contributed by atoms with Crippen LogP contribution in [0.4, 0.5) is 0 Å². The molecule has 2 heterocycles. The third-order valence-electron chi connectivity index (χ3n) is 6.16. The first-order chi connectivity index (χ1) is 18.2. The average Bonchev–Trinajstić information content (AvgIpc) is 2.98. The molecule has 0 saturated heterocycles. The molecule has 37 heavy (non-hydrogen) atoms. The minimum absolute atomic E-state index is 0.630. The molecule has 0 fully saturated rings. The summed E-state index contributed by atoms with van der Waals surface area (Å²) in [5.74, 6) is 1.93. The van der Waals surface area contributed by atoms with Crippen molar-refractivity contribution in [3.8, 4) is 56.7 Å². The van der Waals surface area contributed by atoms with Crippen molar-refractivity contribution in [3.63, 3.8) is 0 Å². The Balaban J connectivity index is 1.47. The zero-order valence-corrected chi connectivity index (χ0v) is 20.4. The average molecular weight is 477 g/mol. The Labute approximate surface area is 216 Å². The number of aryl methyl sites for hydroxylation is 1. The van der Waals surface area contributed by atoms with Crippen LogP contribution in [0.1, 0.15) is 5.56 Å². The predicted molar refractivity (Wildman–Crippen MR) is 150 cm³/mol. The maximum absolute atomic E-state index is 4.99.